The topological polar surface area (TPSA) is 90.0 Å². The van der Waals surface area contributed by atoms with E-state index >= 15 is 0 Å². The van der Waals surface area contributed by atoms with E-state index in [1.165, 1.54) is 19.3 Å². The molecule has 1 atom stereocenters. The number of hydrogen-bond donors (Lipinski definition) is 4. The smallest absolute Gasteiger partial charge is 0.315 e. The Balaban J connectivity index is 1.88. The van der Waals surface area contributed by atoms with Crippen LogP contribution in [0.25, 0.3) is 0 Å². The van der Waals surface area contributed by atoms with Gasteiger partial charge in [-0.15, -0.1) is 0 Å². The van der Waals surface area contributed by atoms with Crippen LogP contribution in [0.3, 0.4) is 0 Å². The normalized spacial score (nSPS) is 19.0. The van der Waals surface area contributed by atoms with E-state index in [9.17, 15) is 9.90 Å². The van der Waals surface area contributed by atoms with Crippen LogP contribution in [0.4, 0.5) is 4.79 Å². The fraction of sp³-hybridized carbons (Fsp3) is 0.733. The van der Waals surface area contributed by atoms with Crippen LogP contribution in [0.15, 0.2) is 6.20 Å². The van der Waals surface area contributed by atoms with E-state index in [1.807, 2.05) is 13.8 Å². The van der Waals surface area contributed by atoms with Crippen molar-refractivity contribution in [3.8, 4) is 0 Å². The first-order valence-corrected chi connectivity index (χ1v) is 7.71. The lowest BCUT2D eigenvalue weighted by Gasteiger charge is -2.39. The highest BCUT2D eigenvalue weighted by Gasteiger charge is 2.35. The van der Waals surface area contributed by atoms with E-state index in [2.05, 4.69) is 20.8 Å². The zero-order valence-electron chi connectivity index (χ0n) is 12.9. The number of rotatable bonds is 5. The number of carbonyl (C=O) groups excluding carboxylic acids is 1. The monoisotopic (exact) mass is 294 g/mol. The number of hydrogen-bond acceptors (Lipinski definition) is 3. The van der Waals surface area contributed by atoms with Gasteiger partial charge in [-0.25, -0.2) is 4.79 Å². The lowest BCUT2D eigenvalue weighted by Crippen LogP contribution is -2.57. The van der Waals surface area contributed by atoms with Crippen LogP contribution < -0.4 is 10.6 Å². The number of aromatic amines is 1. The molecular weight excluding hydrogens is 268 g/mol. The van der Waals surface area contributed by atoms with Gasteiger partial charge in [-0.05, 0) is 32.6 Å². The Morgan fingerprint density at radius 3 is 2.76 bits per heavy atom. The second kappa shape index (κ2) is 6.93. The number of aryl methyl sites for hydroxylation is 1. The van der Waals surface area contributed by atoms with Crippen molar-refractivity contribution in [2.45, 2.75) is 58.0 Å². The first-order chi connectivity index (χ1) is 10.0. The van der Waals surface area contributed by atoms with Gasteiger partial charge in [0.25, 0.3) is 0 Å². The average molecular weight is 294 g/mol. The van der Waals surface area contributed by atoms with Gasteiger partial charge in [0.2, 0.25) is 0 Å². The maximum Gasteiger partial charge on any atom is 0.315 e. The van der Waals surface area contributed by atoms with E-state index in [0.29, 0.717) is 12.5 Å². The van der Waals surface area contributed by atoms with Crippen molar-refractivity contribution in [3.63, 3.8) is 0 Å². The van der Waals surface area contributed by atoms with E-state index in [4.69, 9.17) is 0 Å². The highest BCUT2D eigenvalue weighted by molar-refractivity contribution is 5.74. The standard InChI is InChI=1S/C15H26N4O2/c1-11-12(9-17-19-11)8-16-14(21)18-15(2,10-20)13-6-4-3-5-7-13/h9,13,20H,3-8,10H2,1-2H3,(H,17,19)(H2,16,18,21)/t15-/m0/s1. The van der Waals surface area contributed by atoms with Crippen LogP contribution in [0.1, 0.15) is 50.3 Å². The summed E-state index contributed by atoms with van der Waals surface area (Å²) in [7, 11) is 0. The molecule has 1 aromatic rings. The third kappa shape index (κ3) is 3.97. The SMILES string of the molecule is Cc1[nH]ncc1CNC(=O)N[C@@](C)(CO)C1CCCCC1. The number of urea groups is 1. The molecule has 2 amide bonds. The maximum atomic E-state index is 12.1. The summed E-state index contributed by atoms with van der Waals surface area (Å²) in [6.07, 6.45) is 7.46. The van der Waals surface area contributed by atoms with Crippen LogP contribution >= 0.6 is 0 Å². The highest BCUT2D eigenvalue weighted by Crippen LogP contribution is 2.32. The first kappa shape index (κ1) is 15.8. The molecule has 0 aromatic carbocycles. The quantitative estimate of drug-likeness (QED) is 0.668. The zero-order chi connectivity index (χ0) is 15.3. The Labute approximate surface area is 125 Å². The van der Waals surface area contributed by atoms with Crippen molar-refractivity contribution in [1.29, 1.82) is 0 Å². The molecule has 1 aliphatic rings. The van der Waals surface area contributed by atoms with Crippen LogP contribution in [0.2, 0.25) is 0 Å². The van der Waals surface area contributed by atoms with Gasteiger partial charge in [0, 0.05) is 17.8 Å². The summed E-state index contributed by atoms with van der Waals surface area (Å²) in [6, 6.07) is -0.238. The predicted molar refractivity (Wildman–Crippen MR) is 80.8 cm³/mol. The first-order valence-electron chi connectivity index (χ1n) is 7.71. The highest BCUT2D eigenvalue weighted by atomic mass is 16.3. The molecule has 118 valence electrons. The number of carbonyl (C=O) groups is 1. The van der Waals surface area contributed by atoms with Crippen molar-refractivity contribution in [1.82, 2.24) is 20.8 Å². The molecule has 1 aromatic heterocycles. The number of nitrogens with zero attached hydrogens (tertiary/aromatic N) is 1. The zero-order valence-corrected chi connectivity index (χ0v) is 12.9. The van der Waals surface area contributed by atoms with Crippen LogP contribution in [0.5, 0.6) is 0 Å². The molecule has 1 heterocycles. The van der Waals surface area contributed by atoms with Crippen molar-refractivity contribution >= 4 is 6.03 Å². The molecule has 1 aliphatic carbocycles. The van der Waals surface area contributed by atoms with Crippen LogP contribution in [0, 0.1) is 12.8 Å². The molecule has 1 saturated carbocycles. The molecule has 1 fully saturated rings. The molecule has 2 rings (SSSR count). The Morgan fingerprint density at radius 1 is 1.48 bits per heavy atom. The number of amides is 2. The molecule has 0 unspecified atom stereocenters. The van der Waals surface area contributed by atoms with Crippen molar-refractivity contribution < 1.29 is 9.90 Å². The summed E-state index contributed by atoms with van der Waals surface area (Å²) in [4.78, 5) is 12.1. The lowest BCUT2D eigenvalue weighted by molar-refractivity contribution is 0.101. The molecule has 4 N–H and O–H groups in total. The number of aliphatic hydroxyl groups excluding tert-OH is 1. The molecule has 0 spiro atoms. The minimum absolute atomic E-state index is 0.0319. The third-order valence-electron chi connectivity index (χ3n) is 4.61. The van der Waals surface area contributed by atoms with E-state index < -0.39 is 5.54 Å². The summed E-state index contributed by atoms with van der Waals surface area (Å²) in [5, 5.41) is 22.3. The van der Waals surface area contributed by atoms with Crippen molar-refractivity contribution in [2.75, 3.05) is 6.61 Å². The molecule has 6 nitrogen and oxygen atoms in total. The van der Waals surface area contributed by atoms with Gasteiger partial charge in [-0.3, -0.25) is 5.10 Å². The van der Waals surface area contributed by atoms with Gasteiger partial charge < -0.3 is 15.7 Å². The summed E-state index contributed by atoms with van der Waals surface area (Å²) in [6.45, 7) is 4.25. The molecule has 0 saturated heterocycles. The van der Waals surface area contributed by atoms with Crippen molar-refractivity contribution in [2.24, 2.45) is 5.92 Å². The number of aliphatic hydroxyl groups is 1. The van der Waals surface area contributed by atoms with Gasteiger partial charge in [0.05, 0.1) is 18.3 Å². The summed E-state index contributed by atoms with van der Waals surface area (Å²) in [5.41, 5.74) is 1.37. The van der Waals surface area contributed by atoms with Gasteiger partial charge in [-0.2, -0.15) is 5.10 Å². The van der Waals surface area contributed by atoms with Crippen molar-refractivity contribution in [3.05, 3.63) is 17.5 Å². The number of nitrogens with one attached hydrogen (secondary N) is 3. The summed E-state index contributed by atoms with van der Waals surface area (Å²) < 4.78 is 0. The van der Waals surface area contributed by atoms with Gasteiger partial charge >= 0.3 is 6.03 Å². The van der Waals surface area contributed by atoms with E-state index in [-0.39, 0.29) is 12.6 Å². The van der Waals surface area contributed by atoms with Gasteiger partial charge in [0.15, 0.2) is 0 Å². The fourth-order valence-electron chi connectivity index (χ4n) is 3.04. The van der Waals surface area contributed by atoms with E-state index in [1.54, 1.807) is 6.20 Å². The third-order valence-corrected chi connectivity index (χ3v) is 4.61. The second-order valence-corrected chi connectivity index (χ2v) is 6.24. The van der Waals surface area contributed by atoms with Gasteiger partial charge in [0.1, 0.15) is 0 Å². The molecule has 21 heavy (non-hydrogen) atoms. The summed E-state index contributed by atoms with van der Waals surface area (Å²) >= 11 is 0. The Kier molecular flexibility index (Phi) is 5.22. The molecule has 6 heteroatoms. The second-order valence-electron chi connectivity index (χ2n) is 6.24. The number of aromatic nitrogens is 2. The summed E-state index contributed by atoms with van der Waals surface area (Å²) in [5.74, 6) is 0.345. The molecule has 0 bridgehead atoms. The number of H-pyrrole nitrogens is 1. The predicted octanol–water partition coefficient (Wildman–Crippen LogP) is 1.85. The largest absolute Gasteiger partial charge is 0.394 e. The molecule has 0 aliphatic heterocycles. The minimum atomic E-state index is -0.546. The minimum Gasteiger partial charge on any atom is -0.394 e. The molecular formula is C15H26N4O2. The Morgan fingerprint density at radius 2 is 2.19 bits per heavy atom. The Hall–Kier alpha value is -1.56. The van der Waals surface area contributed by atoms with Gasteiger partial charge in [-0.1, -0.05) is 19.3 Å². The lowest BCUT2D eigenvalue weighted by atomic mass is 9.76. The van der Waals surface area contributed by atoms with E-state index in [0.717, 1.165) is 24.1 Å². The maximum absolute atomic E-state index is 12.1. The van der Waals surface area contributed by atoms with Crippen LogP contribution in [-0.2, 0) is 6.54 Å². The Bertz CT molecular complexity index is 468. The fourth-order valence-corrected chi connectivity index (χ4v) is 3.04. The van der Waals surface area contributed by atoms with Crippen LogP contribution in [-0.4, -0.2) is 33.5 Å². The molecule has 0 radical (unpaired) electrons. The average Bonchev–Trinajstić information content (AvgIpc) is 2.91.